The van der Waals surface area contributed by atoms with Crippen LogP contribution in [0.15, 0.2) is 86.0 Å². The molecule has 29 heteroatoms. The molecule has 0 spiro atoms. The summed E-state index contributed by atoms with van der Waals surface area (Å²) >= 11 is 0. The van der Waals surface area contributed by atoms with Crippen molar-refractivity contribution in [3.63, 3.8) is 0 Å². The molecule has 0 aliphatic carbocycles. The van der Waals surface area contributed by atoms with E-state index in [1.165, 1.54) is 34.4 Å². The van der Waals surface area contributed by atoms with Crippen molar-refractivity contribution in [2.24, 2.45) is 0 Å². The third-order valence-corrected chi connectivity index (χ3v) is 13.9. The Kier molecular flexibility index (Phi) is 13.2. The van der Waals surface area contributed by atoms with E-state index in [0.29, 0.717) is 24.2 Å². The summed E-state index contributed by atoms with van der Waals surface area (Å²) in [4.78, 5) is 72.2. The predicted molar refractivity (Wildman–Crippen MR) is 234 cm³/mol. The SMILES string of the molecule is CCNC(=O)Nc1ncnc2c1ncn2[C@@H]1O[C@H](COP(=O)(O)OP(=O)(O)OC[C@H]2O[C@@H](n3cnc4c(NC(=O)NCC)ncnc43)C3O[C@H](c4ccccc4)OC32)C2O[C@H](c3ccccc3)OC21. The van der Waals surface area contributed by atoms with Crippen LogP contribution in [-0.2, 0) is 50.9 Å². The number of amides is 4. The van der Waals surface area contributed by atoms with E-state index in [9.17, 15) is 28.5 Å². The van der Waals surface area contributed by atoms with Gasteiger partial charge in [-0.15, -0.1) is 0 Å². The number of fused-ring (bicyclic) bond motifs is 4. The number of benzene rings is 2. The Bertz CT molecular complexity index is 2730. The lowest BCUT2D eigenvalue weighted by atomic mass is 10.1. The molecule has 27 nitrogen and oxygen atoms in total. The number of hydrogen-bond acceptors (Lipinski definition) is 19. The fourth-order valence-electron chi connectivity index (χ4n) is 8.32. The Labute approximate surface area is 390 Å². The van der Waals surface area contributed by atoms with Crippen LogP contribution >= 0.6 is 15.6 Å². The third-order valence-electron chi connectivity index (χ3n) is 11.3. The van der Waals surface area contributed by atoms with Crippen LogP contribution in [0.2, 0.25) is 0 Å². The zero-order valence-corrected chi connectivity index (χ0v) is 38.1. The molecule has 12 atom stereocenters. The average molecular weight is 995 g/mol. The number of nitrogens with zero attached hydrogens (tertiary/aromatic N) is 8. The first-order valence-electron chi connectivity index (χ1n) is 21.5. The Balaban J connectivity index is 0.832. The van der Waals surface area contributed by atoms with Crippen LogP contribution < -0.4 is 21.3 Å². The monoisotopic (exact) mass is 994 g/mol. The molecule has 0 radical (unpaired) electrons. The van der Waals surface area contributed by atoms with Crippen molar-refractivity contribution < 1.29 is 70.3 Å². The van der Waals surface area contributed by atoms with E-state index in [-0.39, 0.29) is 34.0 Å². The molecule has 0 bridgehead atoms. The zero-order chi connectivity index (χ0) is 47.9. The number of imidazole rings is 2. The second kappa shape index (κ2) is 19.5. The van der Waals surface area contributed by atoms with E-state index in [2.05, 4.69) is 51.2 Å². The fraction of sp³-hybridized carbons (Fsp3) is 0.400. The molecule has 10 rings (SSSR count). The zero-order valence-electron chi connectivity index (χ0n) is 36.4. The fourth-order valence-corrected chi connectivity index (χ4v) is 10.4. The van der Waals surface area contributed by atoms with Crippen molar-refractivity contribution in [3.8, 4) is 0 Å². The van der Waals surface area contributed by atoms with Gasteiger partial charge in [0, 0.05) is 24.2 Å². The van der Waals surface area contributed by atoms with Gasteiger partial charge in [-0.3, -0.25) is 28.8 Å². The molecule has 2 aromatic carbocycles. The van der Waals surface area contributed by atoms with E-state index < -0.39 is 103 Å². The summed E-state index contributed by atoms with van der Waals surface area (Å²) in [5.74, 6) is 0.255. The van der Waals surface area contributed by atoms with E-state index in [0.717, 1.165) is 0 Å². The van der Waals surface area contributed by atoms with E-state index >= 15 is 0 Å². The molecule has 6 N–H and O–H groups in total. The smallest absolute Gasteiger partial charge is 0.347 e. The Morgan fingerprint density at radius 1 is 0.594 bits per heavy atom. The highest BCUT2D eigenvalue weighted by Gasteiger charge is 2.56. The van der Waals surface area contributed by atoms with Crippen molar-refractivity contribution in [2.75, 3.05) is 36.9 Å². The van der Waals surface area contributed by atoms with Gasteiger partial charge < -0.3 is 48.8 Å². The van der Waals surface area contributed by atoms with Crippen LogP contribution in [0.1, 0.15) is 50.0 Å². The Morgan fingerprint density at radius 2 is 1.00 bits per heavy atom. The van der Waals surface area contributed by atoms with Gasteiger partial charge in [-0.25, -0.2) is 48.6 Å². The number of nitrogens with one attached hydrogen (secondary N) is 4. The van der Waals surface area contributed by atoms with Crippen LogP contribution in [0.25, 0.3) is 22.3 Å². The number of urea groups is 2. The minimum absolute atomic E-state index is 0.127. The van der Waals surface area contributed by atoms with Crippen molar-refractivity contribution in [1.29, 1.82) is 0 Å². The number of carbonyl (C=O) groups excluding carboxylic acids is 2. The van der Waals surface area contributed by atoms with E-state index in [1.54, 1.807) is 62.4 Å². The predicted octanol–water partition coefficient (Wildman–Crippen LogP) is 3.96. The highest BCUT2D eigenvalue weighted by Crippen LogP contribution is 2.61. The highest BCUT2D eigenvalue weighted by molar-refractivity contribution is 7.61. The first-order valence-corrected chi connectivity index (χ1v) is 24.5. The lowest BCUT2D eigenvalue weighted by Crippen LogP contribution is -2.32. The number of ether oxygens (including phenoxy) is 6. The van der Waals surface area contributed by atoms with Crippen LogP contribution in [0.5, 0.6) is 0 Å². The van der Waals surface area contributed by atoms with Gasteiger partial charge in [0.25, 0.3) is 0 Å². The Hall–Kier alpha value is -5.90. The molecule has 6 aromatic rings. The van der Waals surface area contributed by atoms with Crippen molar-refractivity contribution in [3.05, 3.63) is 97.1 Å². The molecule has 6 unspecified atom stereocenters. The maximum absolute atomic E-state index is 13.4. The second-order valence-corrected chi connectivity index (χ2v) is 18.7. The average Bonchev–Trinajstić information content (AvgIpc) is 4.20. The summed E-state index contributed by atoms with van der Waals surface area (Å²) in [5, 5.41) is 10.5. The Morgan fingerprint density at radius 3 is 1.41 bits per heavy atom. The topological polar surface area (TPSA) is 327 Å². The molecule has 69 heavy (non-hydrogen) atoms. The van der Waals surface area contributed by atoms with Crippen LogP contribution in [0.4, 0.5) is 21.2 Å². The molecule has 4 aliphatic rings. The molecule has 4 fully saturated rings. The summed E-state index contributed by atoms with van der Waals surface area (Å²) in [7, 11) is -10.8. The molecular weight excluding hydrogens is 950 g/mol. The first kappa shape index (κ1) is 46.8. The molecule has 4 aromatic heterocycles. The minimum Gasteiger partial charge on any atom is -0.347 e. The summed E-state index contributed by atoms with van der Waals surface area (Å²) in [6, 6.07) is 17.0. The van der Waals surface area contributed by atoms with Crippen molar-refractivity contribution >= 4 is 61.7 Å². The number of carbonyl (C=O) groups is 2. The maximum atomic E-state index is 13.4. The molecule has 4 amide bonds. The largest absolute Gasteiger partial charge is 0.481 e. The molecule has 8 heterocycles. The van der Waals surface area contributed by atoms with Gasteiger partial charge in [0.05, 0.1) is 25.9 Å². The number of aromatic nitrogens is 8. The van der Waals surface area contributed by atoms with Gasteiger partial charge in [-0.2, -0.15) is 4.31 Å². The van der Waals surface area contributed by atoms with Gasteiger partial charge in [0.15, 0.2) is 59.0 Å². The molecule has 4 saturated heterocycles. The summed E-state index contributed by atoms with van der Waals surface area (Å²) in [5.41, 5.74) is 2.32. The van der Waals surface area contributed by atoms with E-state index in [1.807, 2.05) is 12.1 Å². The van der Waals surface area contributed by atoms with Crippen LogP contribution in [0.3, 0.4) is 0 Å². The number of anilines is 2. The summed E-state index contributed by atoms with van der Waals surface area (Å²) in [6.07, 6.45) is -4.39. The first-order chi connectivity index (χ1) is 33.4. The lowest BCUT2D eigenvalue weighted by Gasteiger charge is -2.23. The standard InChI is InChI=1S/C40H44N12O15P2/c1-3-41-39(53)49-31-25-33(45-17-43-31)51(19-47-25)35-29-27(63-37(65-29)21-11-7-5-8-12-21)23(61-35)15-59-68(55,56)67-69(57,58)60-16-24-28-30(66-38(64-28)22-13-9-6-10-14-22)36(62-24)52-20-48-26-32(44-18-46-34(26)52)50-40(54)42-4-2/h5-14,17-20,23-24,27-30,35-38H,3-4,15-16H2,1-2H3,(H,55,56)(H,57,58)(H2,41,43,45,49,53)(H2,42,44,46,50,54)/t23-,24-,27?,28?,29?,30?,35-,36-,37-,38+/m1/s1. The molecule has 364 valence electrons. The molecule has 0 saturated carbocycles. The van der Waals surface area contributed by atoms with E-state index in [4.69, 9.17) is 41.8 Å². The number of phosphoric ester groups is 2. The van der Waals surface area contributed by atoms with Gasteiger partial charge in [-0.1, -0.05) is 60.7 Å². The number of hydrogen-bond donors (Lipinski definition) is 6. The van der Waals surface area contributed by atoms with Crippen LogP contribution in [-0.4, -0.2) is 124 Å². The van der Waals surface area contributed by atoms with Crippen LogP contribution in [0, 0.1) is 0 Å². The normalized spacial score (nSPS) is 27.9. The summed E-state index contributed by atoms with van der Waals surface area (Å²) < 4.78 is 83.1. The highest BCUT2D eigenvalue weighted by atomic mass is 31.3. The second-order valence-electron chi connectivity index (χ2n) is 15.7. The van der Waals surface area contributed by atoms with Crippen molar-refractivity contribution in [1.82, 2.24) is 49.7 Å². The number of rotatable bonds is 16. The van der Waals surface area contributed by atoms with Gasteiger partial charge in [0.2, 0.25) is 0 Å². The van der Waals surface area contributed by atoms with Gasteiger partial charge in [-0.05, 0) is 13.8 Å². The maximum Gasteiger partial charge on any atom is 0.481 e. The molecular formula is C40H44N12O15P2. The third kappa shape index (κ3) is 9.70. The lowest BCUT2D eigenvalue weighted by molar-refractivity contribution is -0.153. The minimum atomic E-state index is -5.41. The van der Waals surface area contributed by atoms with Crippen molar-refractivity contribution in [2.45, 2.75) is 75.5 Å². The molecule has 4 aliphatic heterocycles. The van der Waals surface area contributed by atoms with Gasteiger partial charge in [0.1, 0.15) is 49.3 Å². The number of phosphoric acid groups is 2. The van der Waals surface area contributed by atoms with Gasteiger partial charge >= 0.3 is 27.7 Å². The quantitative estimate of drug-likeness (QED) is 0.0747. The summed E-state index contributed by atoms with van der Waals surface area (Å²) in [6.45, 7) is 2.86.